The molecular formula is C11H12ClN3O. The second-order valence-electron chi connectivity index (χ2n) is 3.56. The van der Waals surface area contributed by atoms with Crippen molar-refractivity contribution in [1.29, 1.82) is 0 Å². The third kappa shape index (κ3) is 1.77. The van der Waals surface area contributed by atoms with Crippen LogP contribution in [0.5, 0.6) is 0 Å². The van der Waals surface area contributed by atoms with Crippen LogP contribution in [-0.4, -0.2) is 17.1 Å². The highest BCUT2D eigenvalue weighted by atomic mass is 35.5. The number of hydrogen-bond donors (Lipinski definition) is 2. The maximum atomic E-state index is 11.2. The Labute approximate surface area is 97.8 Å². The standard InChI is InChI=1S/C11H12ClN3O/c12-8-1-2-10-9(5-8)7(3-4-13)6-15(10)11(14)16/h1-2,5-6H,3-4,13H2,(H2,14,16). The van der Waals surface area contributed by atoms with E-state index in [0.717, 1.165) is 16.5 Å². The van der Waals surface area contributed by atoms with E-state index in [2.05, 4.69) is 0 Å². The number of amides is 1. The van der Waals surface area contributed by atoms with Crippen LogP contribution in [0.15, 0.2) is 24.4 Å². The van der Waals surface area contributed by atoms with Crippen LogP contribution in [0, 0.1) is 0 Å². The zero-order chi connectivity index (χ0) is 11.7. The number of carbonyl (C=O) groups is 1. The summed E-state index contributed by atoms with van der Waals surface area (Å²) in [4.78, 5) is 11.2. The van der Waals surface area contributed by atoms with Crippen LogP contribution in [0.1, 0.15) is 5.56 Å². The summed E-state index contributed by atoms with van der Waals surface area (Å²) in [5.74, 6) is 0. The zero-order valence-corrected chi connectivity index (χ0v) is 9.37. The van der Waals surface area contributed by atoms with Crippen LogP contribution >= 0.6 is 11.6 Å². The molecule has 4 nitrogen and oxygen atoms in total. The van der Waals surface area contributed by atoms with E-state index in [0.29, 0.717) is 18.0 Å². The van der Waals surface area contributed by atoms with Crippen molar-refractivity contribution in [1.82, 2.24) is 4.57 Å². The van der Waals surface area contributed by atoms with Gasteiger partial charge in [-0.15, -0.1) is 0 Å². The first kappa shape index (κ1) is 11.0. The van der Waals surface area contributed by atoms with Crippen LogP contribution in [0.2, 0.25) is 5.02 Å². The van der Waals surface area contributed by atoms with Gasteiger partial charge >= 0.3 is 6.03 Å². The average molecular weight is 238 g/mol. The van der Waals surface area contributed by atoms with E-state index >= 15 is 0 Å². The Balaban J connectivity index is 2.71. The molecule has 1 aromatic carbocycles. The first-order valence-corrected chi connectivity index (χ1v) is 5.30. The minimum Gasteiger partial charge on any atom is -0.351 e. The van der Waals surface area contributed by atoms with Crippen molar-refractivity contribution in [3.8, 4) is 0 Å². The normalized spacial score (nSPS) is 10.9. The van der Waals surface area contributed by atoms with Crippen molar-refractivity contribution in [3.63, 3.8) is 0 Å². The quantitative estimate of drug-likeness (QED) is 0.835. The monoisotopic (exact) mass is 237 g/mol. The van der Waals surface area contributed by atoms with E-state index < -0.39 is 6.03 Å². The van der Waals surface area contributed by atoms with Gasteiger partial charge in [0.05, 0.1) is 5.52 Å². The van der Waals surface area contributed by atoms with Crippen LogP contribution < -0.4 is 11.5 Å². The van der Waals surface area contributed by atoms with Gasteiger partial charge in [0.15, 0.2) is 0 Å². The lowest BCUT2D eigenvalue weighted by Gasteiger charge is -1.98. The molecule has 0 bridgehead atoms. The maximum absolute atomic E-state index is 11.2. The van der Waals surface area contributed by atoms with Gasteiger partial charge < -0.3 is 11.5 Å². The first-order valence-electron chi connectivity index (χ1n) is 4.93. The van der Waals surface area contributed by atoms with Crippen LogP contribution in [0.25, 0.3) is 10.9 Å². The number of rotatable bonds is 2. The molecule has 0 unspecified atom stereocenters. The van der Waals surface area contributed by atoms with E-state index in [1.54, 1.807) is 18.3 Å². The lowest BCUT2D eigenvalue weighted by Crippen LogP contribution is -2.18. The van der Waals surface area contributed by atoms with E-state index in [9.17, 15) is 4.79 Å². The van der Waals surface area contributed by atoms with Crippen molar-refractivity contribution in [2.75, 3.05) is 6.54 Å². The third-order valence-corrected chi connectivity index (χ3v) is 2.74. The summed E-state index contributed by atoms with van der Waals surface area (Å²) in [5.41, 5.74) is 12.6. The fourth-order valence-electron chi connectivity index (χ4n) is 1.81. The Hall–Kier alpha value is -1.52. The largest absolute Gasteiger partial charge is 0.351 e. The third-order valence-electron chi connectivity index (χ3n) is 2.50. The summed E-state index contributed by atoms with van der Waals surface area (Å²) in [5, 5.41) is 1.56. The lowest BCUT2D eigenvalue weighted by atomic mass is 10.1. The summed E-state index contributed by atoms with van der Waals surface area (Å²) in [6.45, 7) is 0.518. The summed E-state index contributed by atoms with van der Waals surface area (Å²) in [7, 11) is 0. The smallest absolute Gasteiger partial charge is 0.323 e. The Morgan fingerprint density at radius 1 is 1.44 bits per heavy atom. The molecule has 2 aromatic rings. The summed E-state index contributed by atoms with van der Waals surface area (Å²) < 4.78 is 1.41. The molecule has 0 aliphatic rings. The van der Waals surface area contributed by atoms with Gasteiger partial charge in [-0.2, -0.15) is 0 Å². The van der Waals surface area contributed by atoms with Gasteiger partial charge in [-0.1, -0.05) is 11.6 Å². The first-order chi connectivity index (χ1) is 7.63. The molecule has 0 radical (unpaired) electrons. The topological polar surface area (TPSA) is 74.0 Å². The number of aromatic nitrogens is 1. The number of halogens is 1. The second kappa shape index (κ2) is 4.15. The number of fused-ring (bicyclic) bond motifs is 1. The summed E-state index contributed by atoms with van der Waals surface area (Å²) in [6, 6.07) is 4.83. The second-order valence-corrected chi connectivity index (χ2v) is 4.00. The summed E-state index contributed by atoms with van der Waals surface area (Å²) >= 11 is 5.92. The van der Waals surface area contributed by atoms with Crippen molar-refractivity contribution < 1.29 is 4.79 Å². The molecule has 0 fully saturated rings. The van der Waals surface area contributed by atoms with Gasteiger partial charge in [0.2, 0.25) is 0 Å². The molecule has 2 rings (SSSR count). The highest BCUT2D eigenvalue weighted by Gasteiger charge is 2.11. The Morgan fingerprint density at radius 2 is 2.19 bits per heavy atom. The highest BCUT2D eigenvalue weighted by molar-refractivity contribution is 6.31. The fraction of sp³-hybridized carbons (Fsp3) is 0.182. The molecule has 1 amide bonds. The molecule has 84 valence electrons. The van der Waals surface area contributed by atoms with Crippen molar-refractivity contribution in [3.05, 3.63) is 35.0 Å². The number of nitrogens with two attached hydrogens (primary N) is 2. The molecule has 16 heavy (non-hydrogen) atoms. The van der Waals surface area contributed by atoms with E-state index in [4.69, 9.17) is 23.1 Å². The van der Waals surface area contributed by atoms with Gasteiger partial charge in [-0.3, -0.25) is 4.57 Å². The molecule has 4 N–H and O–H groups in total. The summed E-state index contributed by atoms with van der Waals surface area (Å²) in [6.07, 6.45) is 2.41. The Morgan fingerprint density at radius 3 is 2.81 bits per heavy atom. The van der Waals surface area contributed by atoms with Gasteiger partial charge in [-0.25, -0.2) is 4.79 Å². The molecule has 0 aliphatic heterocycles. The van der Waals surface area contributed by atoms with E-state index in [-0.39, 0.29) is 0 Å². The van der Waals surface area contributed by atoms with Crippen LogP contribution in [0.3, 0.4) is 0 Å². The molecule has 1 aromatic heterocycles. The van der Waals surface area contributed by atoms with Crippen molar-refractivity contribution in [2.45, 2.75) is 6.42 Å². The molecule has 0 saturated carbocycles. The predicted molar refractivity (Wildman–Crippen MR) is 64.7 cm³/mol. The SMILES string of the molecule is NCCc1cn(C(N)=O)c2ccc(Cl)cc12. The van der Waals surface area contributed by atoms with E-state index in [1.165, 1.54) is 4.57 Å². The molecule has 0 saturated heterocycles. The van der Waals surface area contributed by atoms with Gasteiger partial charge in [0.1, 0.15) is 0 Å². The Bertz CT molecular complexity index is 547. The number of primary amides is 1. The molecule has 0 spiro atoms. The number of hydrogen-bond acceptors (Lipinski definition) is 2. The zero-order valence-electron chi connectivity index (χ0n) is 8.61. The molecule has 0 atom stereocenters. The van der Waals surface area contributed by atoms with Crippen molar-refractivity contribution >= 4 is 28.5 Å². The van der Waals surface area contributed by atoms with Crippen LogP contribution in [0.4, 0.5) is 4.79 Å². The van der Waals surface area contributed by atoms with Gasteiger partial charge in [0.25, 0.3) is 0 Å². The minimum absolute atomic E-state index is 0.504. The van der Waals surface area contributed by atoms with Gasteiger partial charge in [0, 0.05) is 16.6 Å². The minimum atomic E-state index is -0.504. The Kier molecular flexibility index (Phi) is 2.85. The average Bonchev–Trinajstić information content (AvgIpc) is 2.58. The molecule has 5 heteroatoms. The van der Waals surface area contributed by atoms with Crippen molar-refractivity contribution in [2.24, 2.45) is 11.5 Å². The number of benzene rings is 1. The number of carbonyl (C=O) groups excluding carboxylic acids is 1. The van der Waals surface area contributed by atoms with E-state index in [1.807, 2.05) is 6.07 Å². The maximum Gasteiger partial charge on any atom is 0.323 e. The molecular weight excluding hydrogens is 226 g/mol. The van der Waals surface area contributed by atoms with Crippen LogP contribution in [-0.2, 0) is 6.42 Å². The molecule has 1 heterocycles. The fourth-order valence-corrected chi connectivity index (χ4v) is 1.98. The molecule has 0 aliphatic carbocycles. The number of nitrogens with zero attached hydrogens (tertiary/aromatic N) is 1. The van der Waals surface area contributed by atoms with Gasteiger partial charge in [-0.05, 0) is 36.7 Å². The predicted octanol–water partition coefficient (Wildman–Crippen LogP) is 1.72. The lowest BCUT2D eigenvalue weighted by molar-refractivity contribution is 0.251. The highest BCUT2D eigenvalue weighted by Crippen LogP contribution is 2.24.